The van der Waals surface area contributed by atoms with E-state index in [0.717, 1.165) is 22.2 Å². The highest BCUT2D eigenvalue weighted by atomic mass is 16.1. The van der Waals surface area contributed by atoms with Crippen LogP contribution in [-0.2, 0) is 0 Å². The molecule has 100 valence electrons. The van der Waals surface area contributed by atoms with E-state index in [4.69, 9.17) is 0 Å². The molecule has 2 aromatic carbocycles. The smallest absolute Gasteiger partial charge is 0.228 e. The van der Waals surface area contributed by atoms with Gasteiger partial charge < -0.3 is 0 Å². The van der Waals surface area contributed by atoms with E-state index < -0.39 is 0 Å². The molecule has 1 heterocycles. The molecule has 0 bridgehead atoms. The maximum Gasteiger partial charge on any atom is 0.228 e. The number of aromatic nitrogens is 1. The Morgan fingerprint density at radius 3 is 2.25 bits per heavy atom. The fourth-order valence-corrected chi connectivity index (χ4v) is 2.90. The second-order valence-electron chi connectivity index (χ2n) is 5.21. The highest BCUT2D eigenvalue weighted by Crippen LogP contribution is 2.32. The summed E-state index contributed by atoms with van der Waals surface area (Å²) in [7, 11) is 0. The van der Waals surface area contributed by atoms with Gasteiger partial charge in [0.15, 0.2) is 0 Å². The first kappa shape index (κ1) is 12.7. The van der Waals surface area contributed by atoms with E-state index in [2.05, 4.69) is 38.1 Å². The minimum Gasteiger partial charge on any atom is -0.280 e. The Labute approximate surface area is 118 Å². The van der Waals surface area contributed by atoms with Gasteiger partial charge in [0.25, 0.3) is 0 Å². The van der Waals surface area contributed by atoms with E-state index in [9.17, 15) is 4.79 Å². The highest BCUT2D eigenvalue weighted by molar-refractivity contribution is 5.98. The summed E-state index contributed by atoms with van der Waals surface area (Å²) in [4.78, 5) is 12.1. The number of rotatable bonds is 1. The zero-order chi connectivity index (χ0) is 14.3. The highest BCUT2D eigenvalue weighted by Gasteiger charge is 2.16. The second-order valence-corrected chi connectivity index (χ2v) is 5.21. The SMILES string of the molecule is CC(=O)n1c(-c2c(C)cccc2C)cc2ccccc21. The average Bonchev–Trinajstić information content (AvgIpc) is 2.77. The first-order valence-electron chi connectivity index (χ1n) is 6.77. The van der Waals surface area contributed by atoms with Crippen molar-refractivity contribution in [3.05, 3.63) is 59.7 Å². The molecule has 2 nitrogen and oxygen atoms in total. The van der Waals surface area contributed by atoms with Crippen LogP contribution in [0.15, 0.2) is 48.5 Å². The first-order valence-corrected chi connectivity index (χ1v) is 6.77. The third kappa shape index (κ3) is 1.85. The number of carbonyl (C=O) groups excluding carboxylic acids is 1. The Kier molecular flexibility index (Phi) is 2.94. The zero-order valence-electron chi connectivity index (χ0n) is 12.0. The standard InChI is InChI=1S/C18H17NO/c1-12-7-6-8-13(2)18(12)17-11-15-9-4-5-10-16(15)19(17)14(3)20/h4-11H,1-3H3. The molecule has 0 atom stereocenters. The molecule has 0 aliphatic rings. The number of fused-ring (bicyclic) bond motifs is 1. The molecule has 0 fully saturated rings. The zero-order valence-corrected chi connectivity index (χ0v) is 12.0. The molecule has 0 N–H and O–H groups in total. The van der Waals surface area contributed by atoms with Crippen LogP contribution in [0.1, 0.15) is 22.8 Å². The molecule has 0 spiro atoms. The fourth-order valence-electron chi connectivity index (χ4n) is 2.90. The van der Waals surface area contributed by atoms with Gasteiger partial charge in [-0.2, -0.15) is 0 Å². The van der Waals surface area contributed by atoms with Gasteiger partial charge in [-0.1, -0.05) is 36.4 Å². The Balaban J connectivity index is 2.42. The van der Waals surface area contributed by atoms with Crippen LogP contribution in [0.4, 0.5) is 0 Å². The molecule has 0 unspecified atom stereocenters. The summed E-state index contributed by atoms with van der Waals surface area (Å²) in [5, 5.41) is 1.10. The molecule has 0 radical (unpaired) electrons. The van der Waals surface area contributed by atoms with Crippen molar-refractivity contribution in [1.82, 2.24) is 4.57 Å². The van der Waals surface area contributed by atoms with E-state index >= 15 is 0 Å². The Morgan fingerprint density at radius 2 is 1.60 bits per heavy atom. The van der Waals surface area contributed by atoms with Gasteiger partial charge in [0.05, 0.1) is 11.2 Å². The third-order valence-corrected chi connectivity index (χ3v) is 3.76. The third-order valence-electron chi connectivity index (χ3n) is 3.76. The summed E-state index contributed by atoms with van der Waals surface area (Å²) in [6, 6.07) is 16.3. The molecule has 3 rings (SSSR count). The van der Waals surface area contributed by atoms with Gasteiger partial charge >= 0.3 is 0 Å². The van der Waals surface area contributed by atoms with Crippen LogP contribution < -0.4 is 0 Å². The Bertz CT molecular complexity index is 791. The summed E-state index contributed by atoms with van der Waals surface area (Å²) in [5.41, 5.74) is 5.48. The van der Waals surface area contributed by atoms with Crippen LogP contribution >= 0.6 is 0 Å². The van der Waals surface area contributed by atoms with E-state index in [1.54, 1.807) is 6.92 Å². The van der Waals surface area contributed by atoms with Crippen molar-refractivity contribution in [3.63, 3.8) is 0 Å². The van der Waals surface area contributed by atoms with Crippen molar-refractivity contribution in [2.24, 2.45) is 0 Å². The predicted molar refractivity (Wildman–Crippen MR) is 83.1 cm³/mol. The predicted octanol–water partition coefficient (Wildman–Crippen LogP) is 4.59. The lowest BCUT2D eigenvalue weighted by molar-refractivity contribution is 0.0943. The minimum atomic E-state index is 0.0452. The van der Waals surface area contributed by atoms with Crippen LogP contribution in [0.5, 0.6) is 0 Å². The van der Waals surface area contributed by atoms with Crippen molar-refractivity contribution >= 4 is 16.8 Å². The van der Waals surface area contributed by atoms with Crippen molar-refractivity contribution in [2.45, 2.75) is 20.8 Å². The molecule has 0 aliphatic carbocycles. The summed E-state index contributed by atoms with van der Waals surface area (Å²) in [5.74, 6) is 0.0452. The molecular formula is C18H17NO. The van der Waals surface area contributed by atoms with Gasteiger partial charge in [0.1, 0.15) is 0 Å². The van der Waals surface area contributed by atoms with Gasteiger partial charge in [-0.15, -0.1) is 0 Å². The van der Waals surface area contributed by atoms with Crippen LogP contribution in [-0.4, -0.2) is 10.5 Å². The summed E-state index contributed by atoms with van der Waals surface area (Å²) in [6.45, 7) is 5.79. The number of hydrogen-bond acceptors (Lipinski definition) is 1. The largest absolute Gasteiger partial charge is 0.280 e. The summed E-state index contributed by atoms with van der Waals surface area (Å²) in [6.07, 6.45) is 0. The number of hydrogen-bond donors (Lipinski definition) is 0. The van der Waals surface area contributed by atoms with Crippen LogP contribution in [0.25, 0.3) is 22.2 Å². The number of carbonyl (C=O) groups is 1. The lowest BCUT2D eigenvalue weighted by Gasteiger charge is -2.12. The number of para-hydroxylation sites is 1. The lowest BCUT2D eigenvalue weighted by atomic mass is 10.00. The minimum absolute atomic E-state index is 0.0452. The van der Waals surface area contributed by atoms with E-state index in [0.29, 0.717) is 0 Å². The van der Waals surface area contributed by atoms with Gasteiger partial charge in [-0.25, -0.2) is 0 Å². The number of benzene rings is 2. The summed E-state index contributed by atoms with van der Waals surface area (Å²) < 4.78 is 1.81. The molecule has 2 heteroatoms. The molecule has 0 amide bonds. The van der Waals surface area contributed by atoms with Gasteiger partial charge in [-0.05, 0) is 37.1 Å². The Morgan fingerprint density at radius 1 is 0.950 bits per heavy atom. The van der Waals surface area contributed by atoms with E-state index in [-0.39, 0.29) is 5.91 Å². The summed E-state index contributed by atoms with van der Waals surface area (Å²) >= 11 is 0. The molecule has 0 saturated carbocycles. The molecule has 0 saturated heterocycles. The van der Waals surface area contributed by atoms with Crippen LogP contribution in [0, 0.1) is 13.8 Å². The van der Waals surface area contributed by atoms with Crippen molar-refractivity contribution < 1.29 is 4.79 Å². The molecular weight excluding hydrogens is 246 g/mol. The monoisotopic (exact) mass is 263 g/mol. The quantitative estimate of drug-likeness (QED) is 0.629. The average molecular weight is 263 g/mol. The van der Waals surface area contributed by atoms with Gasteiger partial charge in [-0.3, -0.25) is 9.36 Å². The van der Waals surface area contributed by atoms with Crippen LogP contribution in [0.3, 0.4) is 0 Å². The van der Waals surface area contributed by atoms with Gasteiger partial charge in [0.2, 0.25) is 5.91 Å². The van der Waals surface area contributed by atoms with E-state index in [1.165, 1.54) is 11.1 Å². The fraction of sp³-hybridized carbons (Fsp3) is 0.167. The molecule has 1 aromatic heterocycles. The normalized spacial score (nSPS) is 10.9. The van der Waals surface area contributed by atoms with Crippen LogP contribution in [0.2, 0.25) is 0 Å². The second kappa shape index (κ2) is 4.64. The molecule has 3 aromatic rings. The van der Waals surface area contributed by atoms with Crippen molar-refractivity contribution in [2.75, 3.05) is 0 Å². The van der Waals surface area contributed by atoms with E-state index in [1.807, 2.05) is 28.8 Å². The lowest BCUT2D eigenvalue weighted by Crippen LogP contribution is -2.07. The topological polar surface area (TPSA) is 22.0 Å². The van der Waals surface area contributed by atoms with Crippen molar-refractivity contribution in [3.8, 4) is 11.3 Å². The maximum absolute atomic E-state index is 12.1. The first-order chi connectivity index (χ1) is 9.59. The number of aryl methyl sites for hydroxylation is 2. The molecule has 0 aliphatic heterocycles. The van der Waals surface area contributed by atoms with Crippen molar-refractivity contribution in [1.29, 1.82) is 0 Å². The maximum atomic E-state index is 12.1. The number of nitrogens with zero attached hydrogens (tertiary/aromatic N) is 1. The van der Waals surface area contributed by atoms with Gasteiger partial charge in [0, 0.05) is 17.9 Å². The molecule has 20 heavy (non-hydrogen) atoms. The Hall–Kier alpha value is -2.35.